The molecule has 7 heteroatoms. The molecule has 134 valence electrons. The average molecular weight is 408 g/mol. The minimum atomic E-state index is -0.725. The van der Waals surface area contributed by atoms with E-state index in [0.29, 0.717) is 11.8 Å². The number of ether oxygens (including phenoxy) is 1. The molecule has 1 N–H and O–H groups in total. The summed E-state index contributed by atoms with van der Waals surface area (Å²) in [4.78, 5) is 15.9. The minimum Gasteiger partial charge on any atom is -0.489 e. The standard InChI is InChI=1S/C18H22BrN3O3/c1-11-17(25-13-5-3-4-12(8-13)18(23)24)7-6-15(21-11)14-10-20-22(2)16(14)9-19/h6-7,10,12-13H,3-5,8-9H2,1-2H3,(H,23,24)/t12-,13-/m0/s1. The first kappa shape index (κ1) is 17.9. The predicted octanol–water partition coefficient (Wildman–Crippen LogP) is 3.71. The Hall–Kier alpha value is -1.89. The van der Waals surface area contributed by atoms with E-state index in [1.807, 2.05) is 37.0 Å². The van der Waals surface area contributed by atoms with Crippen molar-refractivity contribution in [2.75, 3.05) is 0 Å². The van der Waals surface area contributed by atoms with Gasteiger partial charge in [0.2, 0.25) is 0 Å². The van der Waals surface area contributed by atoms with Gasteiger partial charge >= 0.3 is 5.97 Å². The van der Waals surface area contributed by atoms with Crippen LogP contribution < -0.4 is 4.74 Å². The summed E-state index contributed by atoms with van der Waals surface area (Å²) in [5.41, 5.74) is 3.73. The molecule has 1 saturated carbocycles. The van der Waals surface area contributed by atoms with Gasteiger partial charge in [0.1, 0.15) is 5.75 Å². The molecule has 0 bridgehead atoms. The van der Waals surface area contributed by atoms with Crippen molar-refractivity contribution in [2.24, 2.45) is 13.0 Å². The molecule has 2 aromatic rings. The van der Waals surface area contributed by atoms with Crippen molar-refractivity contribution in [3.8, 4) is 17.0 Å². The average Bonchev–Trinajstić information content (AvgIpc) is 2.97. The lowest BCUT2D eigenvalue weighted by atomic mass is 9.87. The summed E-state index contributed by atoms with van der Waals surface area (Å²) < 4.78 is 7.90. The molecule has 0 unspecified atom stereocenters. The molecule has 0 amide bonds. The summed E-state index contributed by atoms with van der Waals surface area (Å²) in [5.74, 6) is -0.301. The summed E-state index contributed by atoms with van der Waals surface area (Å²) in [5, 5.41) is 14.2. The Bertz CT molecular complexity index is 775. The second-order valence-corrected chi connectivity index (χ2v) is 7.04. The highest BCUT2D eigenvalue weighted by Gasteiger charge is 2.28. The van der Waals surface area contributed by atoms with Crippen LogP contribution in [0.25, 0.3) is 11.3 Å². The predicted molar refractivity (Wildman–Crippen MR) is 97.8 cm³/mol. The highest BCUT2D eigenvalue weighted by atomic mass is 79.9. The molecule has 2 aromatic heterocycles. The van der Waals surface area contributed by atoms with Crippen molar-refractivity contribution in [2.45, 2.75) is 44.0 Å². The molecule has 0 radical (unpaired) electrons. The van der Waals surface area contributed by atoms with Crippen LogP contribution in [0, 0.1) is 12.8 Å². The molecule has 6 nitrogen and oxygen atoms in total. The Kier molecular flexibility index (Phi) is 5.42. The number of aryl methyl sites for hydroxylation is 2. The molecule has 1 fully saturated rings. The van der Waals surface area contributed by atoms with Crippen LogP contribution in [0.3, 0.4) is 0 Å². The molecule has 0 aliphatic heterocycles. The Labute approximate surface area is 155 Å². The van der Waals surface area contributed by atoms with Gasteiger partial charge in [0, 0.05) is 17.9 Å². The number of halogens is 1. The van der Waals surface area contributed by atoms with Crippen LogP contribution in [0.4, 0.5) is 0 Å². The van der Waals surface area contributed by atoms with E-state index in [1.165, 1.54) is 0 Å². The van der Waals surface area contributed by atoms with Crippen molar-refractivity contribution in [3.05, 3.63) is 29.7 Å². The molecule has 25 heavy (non-hydrogen) atoms. The lowest BCUT2D eigenvalue weighted by molar-refractivity contribution is -0.143. The van der Waals surface area contributed by atoms with Crippen LogP contribution in [0.2, 0.25) is 0 Å². The van der Waals surface area contributed by atoms with Crippen LogP contribution in [-0.4, -0.2) is 31.9 Å². The maximum atomic E-state index is 11.2. The second kappa shape index (κ2) is 7.56. The van der Waals surface area contributed by atoms with Crippen molar-refractivity contribution >= 4 is 21.9 Å². The van der Waals surface area contributed by atoms with E-state index in [-0.39, 0.29) is 12.0 Å². The summed E-state index contributed by atoms with van der Waals surface area (Å²) in [6.07, 6.45) is 4.84. The topological polar surface area (TPSA) is 77.2 Å². The minimum absolute atomic E-state index is 0.0577. The lowest BCUT2D eigenvalue weighted by Crippen LogP contribution is -2.29. The van der Waals surface area contributed by atoms with Gasteiger partial charge in [0.25, 0.3) is 0 Å². The van der Waals surface area contributed by atoms with Gasteiger partial charge in [-0.15, -0.1) is 0 Å². The summed E-state index contributed by atoms with van der Waals surface area (Å²) >= 11 is 3.49. The highest BCUT2D eigenvalue weighted by molar-refractivity contribution is 9.08. The van der Waals surface area contributed by atoms with Gasteiger partial charge < -0.3 is 9.84 Å². The fourth-order valence-corrected chi connectivity index (χ4v) is 3.98. The van der Waals surface area contributed by atoms with E-state index in [9.17, 15) is 9.90 Å². The van der Waals surface area contributed by atoms with Crippen molar-refractivity contribution in [1.82, 2.24) is 14.8 Å². The lowest BCUT2D eigenvalue weighted by Gasteiger charge is -2.27. The fourth-order valence-electron chi connectivity index (χ4n) is 3.31. The number of hydrogen-bond donors (Lipinski definition) is 1. The zero-order chi connectivity index (χ0) is 18.0. The summed E-state index contributed by atoms with van der Waals surface area (Å²) in [7, 11) is 1.91. The number of alkyl halides is 1. The van der Waals surface area contributed by atoms with Crippen molar-refractivity contribution < 1.29 is 14.6 Å². The molecule has 0 saturated heterocycles. The van der Waals surface area contributed by atoms with Gasteiger partial charge in [-0.3, -0.25) is 9.48 Å². The molecule has 1 aliphatic rings. The highest BCUT2D eigenvalue weighted by Crippen LogP contribution is 2.31. The van der Waals surface area contributed by atoms with Gasteiger partial charge in [-0.2, -0.15) is 5.10 Å². The van der Waals surface area contributed by atoms with E-state index in [0.717, 1.165) is 47.7 Å². The van der Waals surface area contributed by atoms with Gasteiger partial charge in [-0.25, -0.2) is 4.98 Å². The number of nitrogens with zero attached hydrogens (tertiary/aromatic N) is 3. The quantitative estimate of drug-likeness (QED) is 0.764. The third-order valence-corrected chi connectivity index (χ3v) is 5.30. The van der Waals surface area contributed by atoms with Gasteiger partial charge in [-0.05, 0) is 44.7 Å². The first-order chi connectivity index (χ1) is 12.0. The number of aliphatic carboxylic acids is 1. The SMILES string of the molecule is Cc1nc(-c2cnn(C)c2CBr)ccc1O[C@H]1CCC[C@H](C(=O)O)C1. The van der Waals surface area contributed by atoms with Gasteiger partial charge in [-0.1, -0.05) is 15.9 Å². The first-order valence-electron chi connectivity index (χ1n) is 8.44. The maximum absolute atomic E-state index is 11.2. The fraction of sp³-hybridized carbons (Fsp3) is 0.500. The number of carboxylic acids is 1. The van der Waals surface area contributed by atoms with E-state index in [4.69, 9.17) is 4.74 Å². The Morgan fingerprint density at radius 1 is 1.44 bits per heavy atom. The maximum Gasteiger partial charge on any atom is 0.306 e. The zero-order valence-electron chi connectivity index (χ0n) is 14.4. The smallest absolute Gasteiger partial charge is 0.306 e. The zero-order valence-corrected chi connectivity index (χ0v) is 16.0. The first-order valence-corrected chi connectivity index (χ1v) is 9.56. The largest absolute Gasteiger partial charge is 0.489 e. The van der Waals surface area contributed by atoms with Gasteiger partial charge in [0.15, 0.2) is 0 Å². The Morgan fingerprint density at radius 2 is 2.24 bits per heavy atom. The van der Waals surface area contributed by atoms with E-state index >= 15 is 0 Å². The molecule has 0 spiro atoms. The Balaban J connectivity index is 1.77. The third-order valence-electron chi connectivity index (χ3n) is 4.77. The number of hydrogen-bond acceptors (Lipinski definition) is 4. The van der Waals surface area contributed by atoms with Gasteiger partial charge in [0.05, 0.1) is 35.3 Å². The molecule has 1 aliphatic carbocycles. The van der Waals surface area contributed by atoms with Crippen LogP contribution in [0.1, 0.15) is 37.1 Å². The van der Waals surface area contributed by atoms with E-state index in [1.54, 1.807) is 0 Å². The number of rotatable bonds is 5. The van der Waals surface area contributed by atoms with Crippen LogP contribution >= 0.6 is 15.9 Å². The number of aromatic nitrogens is 3. The van der Waals surface area contributed by atoms with Crippen LogP contribution in [-0.2, 0) is 17.2 Å². The summed E-state index contributed by atoms with van der Waals surface area (Å²) in [6.45, 7) is 1.92. The summed E-state index contributed by atoms with van der Waals surface area (Å²) in [6, 6.07) is 3.86. The van der Waals surface area contributed by atoms with Crippen molar-refractivity contribution in [3.63, 3.8) is 0 Å². The normalized spacial score (nSPS) is 20.4. The van der Waals surface area contributed by atoms with E-state index < -0.39 is 5.97 Å². The second-order valence-electron chi connectivity index (χ2n) is 6.48. The third kappa shape index (κ3) is 3.86. The van der Waals surface area contributed by atoms with E-state index in [2.05, 4.69) is 26.0 Å². The van der Waals surface area contributed by atoms with Crippen LogP contribution in [0.15, 0.2) is 18.3 Å². The molecule has 2 heterocycles. The van der Waals surface area contributed by atoms with Crippen molar-refractivity contribution in [1.29, 1.82) is 0 Å². The molecule has 3 rings (SSSR count). The Morgan fingerprint density at radius 3 is 2.92 bits per heavy atom. The number of pyridine rings is 1. The number of carboxylic acid groups (broad SMARTS) is 1. The molecular weight excluding hydrogens is 386 g/mol. The number of carbonyl (C=O) groups is 1. The molecular formula is C18H22BrN3O3. The molecule has 2 atom stereocenters. The monoisotopic (exact) mass is 407 g/mol. The molecule has 0 aromatic carbocycles. The van der Waals surface area contributed by atoms with Crippen LogP contribution in [0.5, 0.6) is 5.75 Å².